The smallest absolute Gasteiger partial charge is 0.413 e. The number of nitrogens with zero attached hydrogens (tertiary/aromatic N) is 5. The quantitative estimate of drug-likeness (QED) is 0.513. The van der Waals surface area contributed by atoms with Gasteiger partial charge in [0.15, 0.2) is 11.5 Å². The van der Waals surface area contributed by atoms with Crippen molar-refractivity contribution in [2.45, 2.75) is 26.9 Å². The SMILES string of the molecule is Cc1cnc(Cl)c([C@@H](C)OC(=O)Nc2c(-c3ccc(NS(C)(=O)=O)c(C)n3)nnn2C)c1. The number of aryl methyl sites for hydroxylation is 3. The molecule has 1 atom stereocenters. The summed E-state index contributed by atoms with van der Waals surface area (Å²) in [6.45, 7) is 5.19. The molecule has 0 radical (unpaired) electrons. The number of sulfonamides is 1. The van der Waals surface area contributed by atoms with Crippen LogP contribution in [0, 0.1) is 13.8 Å². The van der Waals surface area contributed by atoms with Crippen molar-refractivity contribution in [2.24, 2.45) is 7.05 Å². The summed E-state index contributed by atoms with van der Waals surface area (Å²) in [4.78, 5) is 21.0. The van der Waals surface area contributed by atoms with Gasteiger partial charge in [0.05, 0.1) is 23.3 Å². The molecule has 0 saturated carbocycles. The van der Waals surface area contributed by atoms with Crippen molar-refractivity contribution in [1.82, 2.24) is 25.0 Å². The number of anilines is 2. The number of carbonyl (C=O) groups excluding carboxylic acids is 1. The van der Waals surface area contributed by atoms with Crippen LogP contribution in [0.2, 0.25) is 5.15 Å². The standard InChI is InChI=1S/C19H22ClN7O4S/c1-10-8-13(17(20)21-9-10)12(3)31-19(28)23-18-16(24-26-27(18)4)15-7-6-14(11(2)22-15)25-32(5,29)30/h6-9,12,25H,1-5H3,(H,23,28)/t12-/m1/s1. The summed E-state index contributed by atoms with van der Waals surface area (Å²) in [7, 11) is -1.85. The van der Waals surface area contributed by atoms with Gasteiger partial charge in [-0.05, 0) is 44.5 Å². The van der Waals surface area contributed by atoms with Gasteiger partial charge in [-0.3, -0.25) is 10.0 Å². The molecule has 3 aromatic rings. The highest BCUT2D eigenvalue weighted by molar-refractivity contribution is 7.92. The minimum Gasteiger partial charge on any atom is -0.441 e. The van der Waals surface area contributed by atoms with E-state index in [4.69, 9.17) is 16.3 Å². The lowest BCUT2D eigenvalue weighted by molar-refractivity contribution is 0.121. The second kappa shape index (κ2) is 9.09. The second-order valence-electron chi connectivity index (χ2n) is 7.18. The lowest BCUT2D eigenvalue weighted by Gasteiger charge is -2.16. The molecule has 11 nitrogen and oxygen atoms in total. The van der Waals surface area contributed by atoms with Crippen LogP contribution in [-0.4, -0.2) is 45.7 Å². The zero-order chi connectivity index (χ0) is 23.6. The van der Waals surface area contributed by atoms with E-state index in [0.717, 1.165) is 11.8 Å². The van der Waals surface area contributed by atoms with Crippen LogP contribution in [0.5, 0.6) is 0 Å². The van der Waals surface area contributed by atoms with Crippen molar-refractivity contribution in [3.8, 4) is 11.4 Å². The average molecular weight is 480 g/mol. The number of pyridine rings is 2. The molecule has 13 heteroatoms. The summed E-state index contributed by atoms with van der Waals surface area (Å²) < 4.78 is 32.2. The van der Waals surface area contributed by atoms with Crippen LogP contribution in [0.25, 0.3) is 11.4 Å². The second-order valence-corrected chi connectivity index (χ2v) is 9.29. The third-order valence-corrected chi connectivity index (χ3v) is 5.30. The van der Waals surface area contributed by atoms with Gasteiger partial charge in [0.1, 0.15) is 11.3 Å². The van der Waals surface area contributed by atoms with Crippen LogP contribution in [0.15, 0.2) is 24.4 Å². The van der Waals surface area contributed by atoms with Gasteiger partial charge in [0.2, 0.25) is 10.0 Å². The summed E-state index contributed by atoms with van der Waals surface area (Å²) in [6, 6.07) is 4.93. The largest absolute Gasteiger partial charge is 0.441 e. The monoisotopic (exact) mass is 479 g/mol. The molecule has 2 N–H and O–H groups in total. The molecule has 0 fully saturated rings. The van der Waals surface area contributed by atoms with E-state index in [9.17, 15) is 13.2 Å². The van der Waals surface area contributed by atoms with Crippen LogP contribution in [-0.2, 0) is 21.8 Å². The molecule has 170 valence electrons. The van der Waals surface area contributed by atoms with Crippen molar-refractivity contribution in [1.29, 1.82) is 0 Å². The van der Waals surface area contributed by atoms with Crippen molar-refractivity contribution in [3.05, 3.63) is 46.4 Å². The number of hydrogen-bond acceptors (Lipinski definition) is 8. The zero-order valence-electron chi connectivity index (χ0n) is 18.0. The highest BCUT2D eigenvalue weighted by atomic mass is 35.5. The van der Waals surface area contributed by atoms with Gasteiger partial charge in [-0.25, -0.2) is 27.9 Å². The third kappa shape index (κ3) is 5.51. The average Bonchev–Trinajstić information content (AvgIpc) is 3.04. The summed E-state index contributed by atoms with van der Waals surface area (Å²) in [5.41, 5.74) is 2.92. The molecule has 0 aliphatic rings. The predicted octanol–water partition coefficient (Wildman–Crippen LogP) is 3.22. The molecule has 0 aliphatic heterocycles. The maximum atomic E-state index is 12.5. The molecular formula is C19H22ClN7O4S. The number of aromatic nitrogens is 5. The van der Waals surface area contributed by atoms with Crippen LogP contribution in [0.3, 0.4) is 0 Å². The van der Waals surface area contributed by atoms with E-state index < -0.39 is 22.2 Å². The predicted molar refractivity (Wildman–Crippen MR) is 120 cm³/mol. The third-order valence-electron chi connectivity index (χ3n) is 4.40. The van der Waals surface area contributed by atoms with Gasteiger partial charge in [-0.2, -0.15) is 0 Å². The fraction of sp³-hybridized carbons (Fsp3) is 0.316. The maximum Gasteiger partial charge on any atom is 0.413 e. The van der Waals surface area contributed by atoms with E-state index in [1.54, 1.807) is 45.3 Å². The molecule has 3 aromatic heterocycles. The minimum atomic E-state index is -3.45. The van der Waals surface area contributed by atoms with Crippen molar-refractivity contribution in [3.63, 3.8) is 0 Å². The Hall–Kier alpha value is -3.25. The number of hydrogen-bond donors (Lipinski definition) is 2. The molecule has 1 amide bonds. The number of halogens is 1. The Labute approximate surface area is 190 Å². The lowest BCUT2D eigenvalue weighted by Crippen LogP contribution is -2.19. The van der Waals surface area contributed by atoms with E-state index in [2.05, 4.69) is 30.3 Å². The molecule has 32 heavy (non-hydrogen) atoms. The van der Waals surface area contributed by atoms with Crippen LogP contribution in [0.1, 0.15) is 29.8 Å². The lowest BCUT2D eigenvalue weighted by atomic mass is 10.1. The van der Waals surface area contributed by atoms with E-state index in [1.807, 2.05) is 6.92 Å². The first kappa shape index (κ1) is 23.4. The summed E-state index contributed by atoms with van der Waals surface area (Å²) in [5.74, 6) is 0.256. The first-order valence-corrected chi connectivity index (χ1v) is 11.7. The molecular weight excluding hydrogens is 458 g/mol. The molecule has 0 saturated heterocycles. The Morgan fingerprint density at radius 2 is 2.00 bits per heavy atom. The van der Waals surface area contributed by atoms with Crippen molar-refractivity contribution >= 4 is 39.2 Å². The zero-order valence-corrected chi connectivity index (χ0v) is 19.6. The highest BCUT2D eigenvalue weighted by Gasteiger charge is 2.21. The van der Waals surface area contributed by atoms with Gasteiger partial charge in [-0.1, -0.05) is 16.8 Å². The van der Waals surface area contributed by atoms with Crippen LogP contribution >= 0.6 is 11.6 Å². The van der Waals surface area contributed by atoms with Crippen LogP contribution < -0.4 is 10.0 Å². The Morgan fingerprint density at radius 3 is 2.66 bits per heavy atom. The van der Waals surface area contributed by atoms with Gasteiger partial charge in [0, 0.05) is 18.8 Å². The van der Waals surface area contributed by atoms with Crippen molar-refractivity contribution < 1.29 is 17.9 Å². The number of nitrogens with one attached hydrogen (secondary N) is 2. The molecule has 0 spiro atoms. The normalized spacial score (nSPS) is 12.3. The number of amides is 1. The summed E-state index contributed by atoms with van der Waals surface area (Å²) in [6.07, 6.45) is 1.28. The molecule has 0 aliphatic carbocycles. The van der Waals surface area contributed by atoms with E-state index in [-0.39, 0.29) is 11.0 Å². The molecule has 0 unspecified atom stereocenters. The maximum absolute atomic E-state index is 12.5. The Bertz CT molecular complexity index is 1280. The van der Waals surface area contributed by atoms with Gasteiger partial charge in [0.25, 0.3) is 0 Å². The Morgan fingerprint density at radius 1 is 1.28 bits per heavy atom. The van der Waals surface area contributed by atoms with Crippen molar-refractivity contribution in [2.75, 3.05) is 16.3 Å². The topological polar surface area (TPSA) is 141 Å². The van der Waals surface area contributed by atoms with E-state index in [1.165, 1.54) is 4.68 Å². The number of carbonyl (C=O) groups is 1. The Kier molecular flexibility index (Phi) is 6.65. The molecule has 3 heterocycles. The summed E-state index contributed by atoms with van der Waals surface area (Å²) >= 11 is 6.12. The molecule has 3 rings (SSSR count). The first-order chi connectivity index (χ1) is 14.9. The first-order valence-electron chi connectivity index (χ1n) is 9.39. The Balaban J connectivity index is 1.81. The minimum absolute atomic E-state index is 0.251. The number of ether oxygens (including phenoxy) is 1. The van der Waals surface area contributed by atoms with Gasteiger partial charge >= 0.3 is 6.09 Å². The van der Waals surface area contributed by atoms with Gasteiger partial charge < -0.3 is 4.74 Å². The van der Waals surface area contributed by atoms with E-state index >= 15 is 0 Å². The van der Waals surface area contributed by atoms with Gasteiger partial charge in [-0.15, -0.1) is 5.10 Å². The fourth-order valence-corrected chi connectivity index (χ4v) is 3.75. The molecule has 0 bridgehead atoms. The van der Waals surface area contributed by atoms with Crippen LogP contribution in [0.4, 0.5) is 16.3 Å². The molecule has 0 aromatic carbocycles. The summed E-state index contributed by atoms with van der Waals surface area (Å²) in [5, 5.41) is 10.9. The van der Waals surface area contributed by atoms with E-state index in [0.29, 0.717) is 28.3 Å². The number of rotatable bonds is 6. The highest BCUT2D eigenvalue weighted by Crippen LogP contribution is 2.28. The fourth-order valence-electron chi connectivity index (χ4n) is 2.88.